The molecule has 13 amide bonds. The maximum Gasteiger partial charge on any atom is 0.305 e. The summed E-state index contributed by atoms with van der Waals surface area (Å²) in [5.74, 6) is -16.2. The number of carboxylic acid groups (broad SMARTS) is 2. The molecule has 13 atom stereocenters. The zero-order chi connectivity index (χ0) is 82.3. The highest BCUT2D eigenvalue weighted by atomic mass is 16.4. The highest BCUT2D eigenvalue weighted by Gasteiger charge is 2.47. The Labute approximate surface area is 645 Å². The number of nitrogens with zero attached hydrogens (tertiary/aromatic N) is 2. The van der Waals surface area contributed by atoms with Crippen molar-refractivity contribution in [1.82, 2.24) is 94.0 Å². The monoisotopic (exact) mass is 1560 g/mol. The van der Waals surface area contributed by atoms with E-state index in [9.17, 15) is 87.5 Å². The van der Waals surface area contributed by atoms with Crippen LogP contribution in [0.1, 0.15) is 129 Å². The quantitative estimate of drug-likeness (QED) is 0.0286. The third-order valence-electron chi connectivity index (χ3n) is 19.6. The van der Waals surface area contributed by atoms with Crippen LogP contribution >= 0.6 is 0 Å². The lowest BCUT2D eigenvalue weighted by Crippen LogP contribution is -2.68. The number of nitrogens with two attached hydrogens (primary N) is 1. The van der Waals surface area contributed by atoms with Crippen molar-refractivity contribution in [2.45, 2.75) is 216 Å². The van der Waals surface area contributed by atoms with Crippen LogP contribution in [0.2, 0.25) is 0 Å². The minimum absolute atomic E-state index is 0.0242. The van der Waals surface area contributed by atoms with Crippen LogP contribution in [0.25, 0.3) is 21.8 Å². The van der Waals surface area contributed by atoms with Crippen LogP contribution in [0, 0.1) is 11.8 Å². The molecule has 2 bridgehead atoms. The number of aliphatic hydroxyl groups excluding tert-OH is 2. The highest BCUT2D eigenvalue weighted by molar-refractivity contribution is 6.01. The number of nitrogens with one attached hydrogen (secondary N) is 16. The van der Waals surface area contributed by atoms with Crippen molar-refractivity contribution in [1.29, 1.82) is 0 Å². The number of benzene rings is 2. The van der Waals surface area contributed by atoms with E-state index in [1.54, 1.807) is 95.5 Å². The summed E-state index contributed by atoms with van der Waals surface area (Å²) in [6, 6.07) is -2.93. The number of para-hydroxylation sites is 2. The number of carboxylic acids is 2. The SMILES string of the molecule is CCC[C@@H]1NC(=O)[C@H](CCC(=O)O)NC(O)CNC(=O)[C@H](CC(C)C)NC(=O)[C@H](Cc2c[nH]cn2)NC(=O)[C@H](Cc2c[nH]c3ccccc23)NC(=O)[C@H](C)NC(=O)[C@@H](NC(=O)[C@H](CC(=O)O)NC)CCC(=O)N2CCC(C(=O)N[C@H](C(N)=O)C(C)O)(CC2)NC(=O)[C@H](Cc2c[nH]c3ccccc23)NC(=O)[C@H](C(C)C)NC1=O. The third-order valence-corrected chi connectivity index (χ3v) is 19.6. The van der Waals surface area contributed by atoms with E-state index in [0.29, 0.717) is 32.9 Å². The van der Waals surface area contributed by atoms with Gasteiger partial charge in [-0.3, -0.25) is 77.2 Å². The second-order valence-corrected chi connectivity index (χ2v) is 29.1. The average molecular weight is 1560 g/mol. The Bertz CT molecular complexity index is 4170. The lowest BCUT2D eigenvalue weighted by atomic mass is 9.85. The number of H-pyrrole nitrogens is 3. The summed E-state index contributed by atoms with van der Waals surface area (Å²) in [4.78, 5) is 227. The first kappa shape index (κ1) is 87.8. The van der Waals surface area contributed by atoms with Gasteiger partial charge in [-0.2, -0.15) is 0 Å². The molecular formula is C74H105N19O19. The van der Waals surface area contributed by atoms with Crippen LogP contribution in [-0.4, -0.2) is 245 Å². The first-order valence-electron chi connectivity index (χ1n) is 37.3. The Balaban J connectivity index is 1.29. The van der Waals surface area contributed by atoms with Crippen molar-refractivity contribution in [3.05, 3.63) is 90.3 Å². The van der Waals surface area contributed by atoms with Crippen molar-refractivity contribution in [3.63, 3.8) is 0 Å². The van der Waals surface area contributed by atoms with E-state index in [0.717, 1.165) is 0 Å². The fourth-order valence-corrected chi connectivity index (χ4v) is 13.3. The molecule has 8 rings (SSSR count). The standard InChI is InChI=1S/C74H105N19O19/c1-9-14-48-67(106)90-60(38(4)5)72(111)89-54(29-42-33-79-47-18-13-11-16-45(42)47)71(110)92-74(73(112)91-61(40(7)94)62(75)101)23-25-93(26-24-74)57(96)21-19-50(85-68(107)51(76-8)31-59(99)100)65(104)82-39(6)63(102)86-53(28-41-32-78-46-17-12-10-15-44(41)46)69(108)88-55(30-43-34-77-36-81-43)70(109)87-52(27-37(2)3)64(103)80-35-56(95)83-49(66(105)84-48)20-22-58(97)98/h10-13,15-18,32-34,36-40,48-56,60-61,76,78-79,83,94-95H,9,14,19-31,35H2,1-8H3,(H2,75,101)(H,77,81)(H,80,103)(H,82,104)(H,84,105)(H,85,107)(H,86,102)(H,87,109)(H,88,108)(H,89,111)(H,90,106)(H,91,112)(H,92,110)(H,97,98)(H,99,100)/t39-,40?,48-,49-,50-,51-,52-,53-,54-,55-,56?,60-,61-/m0/s1. The van der Waals surface area contributed by atoms with Crippen LogP contribution in [0.5, 0.6) is 0 Å². The van der Waals surface area contributed by atoms with Crippen LogP contribution in [-0.2, 0) is 91.2 Å². The summed E-state index contributed by atoms with van der Waals surface area (Å²) < 4.78 is 0. The number of hydrogen-bond acceptors (Lipinski definition) is 20. The predicted octanol–water partition coefficient (Wildman–Crippen LogP) is -3.26. The number of fused-ring (bicyclic) bond motifs is 36. The van der Waals surface area contributed by atoms with E-state index in [4.69, 9.17) is 5.73 Å². The molecule has 2 unspecified atom stereocenters. The van der Waals surface area contributed by atoms with Gasteiger partial charge >= 0.3 is 11.9 Å². The molecule has 38 heteroatoms. The number of aliphatic carboxylic acids is 2. The van der Waals surface area contributed by atoms with Crippen LogP contribution in [0.4, 0.5) is 0 Å². The fourth-order valence-electron chi connectivity index (χ4n) is 13.3. The van der Waals surface area contributed by atoms with Gasteiger partial charge in [-0.15, -0.1) is 0 Å². The normalized spacial score (nSPS) is 24.7. The molecule has 38 nitrogen and oxygen atoms in total. The van der Waals surface area contributed by atoms with Crippen molar-refractivity contribution in [2.75, 3.05) is 26.7 Å². The first-order chi connectivity index (χ1) is 53.1. The van der Waals surface area contributed by atoms with Crippen LogP contribution in [0.3, 0.4) is 0 Å². The molecule has 3 aliphatic heterocycles. The van der Waals surface area contributed by atoms with E-state index >= 15 is 4.79 Å². The lowest BCUT2D eigenvalue weighted by molar-refractivity contribution is -0.143. The number of aromatic amines is 3. The number of carbonyl (C=O) groups is 15. The number of aromatic nitrogens is 4. The Kier molecular flexibility index (Phi) is 32.2. The van der Waals surface area contributed by atoms with Gasteiger partial charge in [-0.1, -0.05) is 77.4 Å². The van der Waals surface area contributed by atoms with Gasteiger partial charge in [0.1, 0.15) is 66.1 Å². The molecule has 5 aromatic rings. The molecule has 3 aliphatic rings. The van der Waals surface area contributed by atoms with Gasteiger partial charge in [0.15, 0.2) is 0 Å². The van der Waals surface area contributed by atoms with E-state index < -0.39 is 230 Å². The topological polar surface area (TPSA) is 583 Å². The van der Waals surface area contributed by atoms with Crippen LogP contribution < -0.4 is 74.9 Å². The summed E-state index contributed by atoms with van der Waals surface area (Å²) in [5.41, 5.74) is 6.14. The number of likely N-dealkylation sites (N-methyl/N-ethyl adjacent to an activating group) is 1. The lowest BCUT2D eigenvalue weighted by Gasteiger charge is -2.42. The Morgan fingerprint density at radius 1 is 0.652 bits per heavy atom. The number of rotatable bonds is 23. The van der Waals surface area contributed by atoms with Gasteiger partial charge < -0.3 is 110 Å². The molecule has 3 aromatic heterocycles. The van der Waals surface area contributed by atoms with Gasteiger partial charge in [-0.05, 0) is 94.5 Å². The van der Waals surface area contributed by atoms with Crippen molar-refractivity contribution in [2.24, 2.45) is 17.6 Å². The summed E-state index contributed by atoms with van der Waals surface area (Å²) in [7, 11) is 1.30. The zero-order valence-electron chi connectivity index (χ0n) is 63.8. The fraction of sp³-hybridized carbons (Fsp3) is 0.541. The molecule has 0 spiro atoms. The minimum Gasteiger partial charge on any atom is -0.481 e. The maximum atomic E-state index is 15.3. The number of piperidine rings is 1. The summed E-state index contributed by atoms with van der Waals surface area (Å²) in [6.07, 6.45) is -1.82. The molecule has 0 radical (unpaired) electrons. The third kappa shape index (κ3) is 24.8. The summed E-state index contributed by atoms with van der Waals surface area (Å²) in [6.45, 7) is 9.45. The van der Waals surface area contributed by atoms with E-state index in [-0.39, 0.29) is 63.2 Å². The predicted molar refractivity (Wildman–Crippen MR) is 403 cm³/mol. The van der Waals surface area contributed by atoms with Crippen molar-refractivity contribution in [3.8, 4) is 0 Å². The molecule has 22 N–H and O–H groups in total. The number of primary amides is 1. The largest absolute Gasteiger partial charge is 0.481 e. The van der Waals surface area contributed by atoms with Gasteiger partial charge in [0.2, 0.25) is 76.8 Å². The second-order valence-electron chi connectivity index (χ2n) is 29.1. The Hall–Kier alpha value is -11.4. The number of amides is 13. The number of aliphatic hydroxyl groups is 2. The number of hydrogen-bond donors (Lipinski definition) is 21. The van der Waals surface area contributed by atoms with E-state index in [1.807, 2.05) is 0 Å². The number of imidazole rings is 1. The maximum absolute atomic E-state index is 15.3. The van der Waals surface area contributed by atoms with E-state index in [2.05, 4.69) is 89.1 Å². The zero-order valence-corrected chi connectivity index (χ0v) is 63.8. The Morgan fingerprint density at radius 3 is 1.75 bits per heavy atom. The first-order valence-corrected chi connectivity index (χ1v) is 37.3. The van der Waals surface area contributed by atoms with Gasteiger partial charge in [0.25, 0.3) is 0 Å². The van der Waals surface area contributed by atoms with Crippen molar-refractivity contribution < 1.29 is 92.3 Å². The number of carbonyl (C=O) groups excluding carboxylic acids is 13. The minimum atomic E-state index is -2.08. The molecule has 0 aliphatic carbocycles. The summed E-state index contributed by atoms with van der Waals surface area (Å²) in [5, 5.41) is 77.0. The second kappa shape index (κ2) is 41.1. The van der Waals surface area contributed by atoms with Gasteiger partial charge in [0, 0.05) is 85.6 Å². The molecule has 112 heavy (non-hydrogen) atoms. The van der Waals surface area contributed by atoms with Crippen molar-refractivity contribution >= 4 is 111 Å². The molecule has 3 fully saturated rings. The molecule has 0 saturated carbocycles. The summed E-state index contributed by atoms with van der Waals surface area (Å²) >= 11 is 0. The van der Waals surface area contributed by atoms with E-state index in [1.165, 1.54) is 38.3 Å². The Morgan fingerprint density at radius 2 is 1.21 bits per heavy atom. The van der Waals surface area contributed by atoms with Gasteiger partial charge in [0.05, 0.1) is 43.2 Å². The smallest absolute Gasteiger partial charge is 0.305 e. The molecule has 2 aromatic carbocycles. The highest BCUT2D eigenvalue weighted by Crippen LogP contribution is 2.27. The van der Waals surface area contributed by atoms with Crippen LogP contribution in [0.15, 0.2) is 73.4 Å². The van der Waals surface area contributed by atoms with Gasteiger partial charge in [-0.25, -0.2) is 4.98 Å². The molecule has 6 heterocycles. The average Bonchev–Trinajstić information content (AvgIpc) is 0.920. The molecular weight excluding hydrogens is 1460 g/mol. The molecule has 610 valence electrons. The molecule has 3 saturated heterocycles.